The molecule has 0 saturated heterocycles. The molecule has 0 aromatic heterocycles. The van der Waals surface area contributed by atoms with E-state index in [0.29, 0.717) is 6.42 Å². The summed E-state index contributed by atoms with van der Waals surface area (Å²) in [6, 6.07) is 8.38. The maximum atomic E-state index is 10.5. The Morgan fingerprint density at radius 2 is 1.67 bits per heavy atom. The van der Waals surface area contributed by atoms with Gasteiger partial charge in [-0.15, -0.1) is 0 Å². The lowest BCUT2D eigenvalue weighted by Crippen LogP contribution is -2.53. The Kier molecular flexibility index (Phi) is 6.08. The molecule has 1 aromatic rings. The molecule has 1 unspecified atom stereocenters. The van der Waals surface area contributed by atoms with Crippen LogP contribution in [0.5, 0.6) is 0 Å². The Morgan fingerprint density at radius 3 is 2.11 bits per heavy atom. The van der Waals surface area contributed by atoms with Crippen molar-refractivity contribution in [2.75, 3.05) is 13.1 Å². The van der Waals surface area contributed by atoms with E-state index < -0.39 is 0 Å². The molecule has 0 radical (unpaired) electrons. The second kappa shape index (κ2) is 6.87. The van der Waals surface area contributed by atoms with Gasteiger partial charge in [0.25, 0.3) is 0 Å². The zero-order valence-corrected chi connectivity index (χ0v) is 13.9. The summed E-state index contributed by atoms with van der Waals surface area (Å²) < 4.78 is 1.23. The number of aliphatic hydroxyl groups excluding tert-OH is 1. The van der Waals surface area contributed by atoms with E-state index in [1.807, 2.05) is 0 Å². The standard InChI is InChI=1S/C15H24INO/c1-5-17(6-2)15(3,4)14(18)11-12-7-9-13(16)10-8-12/h7-10,14,18H,5-6,11H2,1-4H3. The highest BCUT2D eigenvalue weighted by molar-refractivity contribution is 14.1. The van der Waals surface area contributed by atoms with Crippen LogP contribution in [0.3, 0.4) is 0 Å². The molecule has 1 N–H and O–H groups in total. The van der Waals surface area contributed by atoms with E-state index in [2.05, 4.69) is 79.5 Å². The highest BCUT2D eigenvalue weighted by Crippen LogP contribution is 2.22. The summed E-state index contributed by atoms with van der Waals surface area (Å²) in [6.07, 6.45) is 0.359. The van der Waals surface area contributed by atoms with Gasteiger partial charge in [0.05, 0.1) is 6.10 Å². The molecule has 2 nitrogen and oxygen atoms in total. The number of benzene rings is 1. The van der Waals surface area contributed by atoms with E-state index in [9.17, 15) is 5.11 Å². The smallest absolute Gasteiger partial charge is 0.0758 e. The fourth-order valence-electron chi connectivity index (χ4n) is 2.34. The summed E-state index contributed by atoms with van der Waals surface area (Å²) >= 11 is 2.30. The Morgan fingerprint density at radius 1 is 1.17 bits per heavy atom. The Bertz CT molecular complexity index is 357. The minimum Gasteiger partial charge on any atom is -0.391 e. The summed E-state index contributed by atoms with van der Waals surface area (Å²) in [5.74, 6) is 0. The Balaban J connectivity index is 2.74. The zero-order valence-electron chi connectivity index (χ0n) is 11.8. The van der Waals surface area contributed by atoms with Crippen molar-refractivity contribution in [3.8, 4) is 0 Å². The van der Waals surface area contributed by atoms with Crippen molar-refractivity contribution in [3.63, 3.8) is 0 Å². The van der Waals surface area contributed by atoms with Gasteiger partial charge in [0.2, 0.25) is 0 Å². The lowest BCUT2D eigenvalue weighted by atomic mass is 9.90. The van der Waals surface area contributed by atoms with Crippen LogP contribution in [0.4, 0.5) is 0 Å². The third-order valence-electron chi connectivity index (χ3n) is 3.74. The summed E-state index contributed by atoms with van der Waals surface area (Å²) in [7, 11) is 0. The first-order valence-electron chi connectivity index (χ1n) is 6.59. The minimum absolute atomic E-state index is 0.188. The molecule has 0 aliphatic rings. The van der Waals surface area contributed by atoms with Crippen molar-refractivity contribution in [1.29, 1.82) is 0 Å². The van der Waals surface area contributed by atoms with Crippen molar-refractivity contribution in [3.05, 3.63) is 33.4 Å². The molecule has 0 spiro atoms. The van der Waals surface area contributed by atoms with Crippen LogP contribution in [0.1, 0.15) is 33.3 Å². The highest BCUT2D eigenvalue weighted by Gasteiger charge is 2.32. The van der Waals surface area contributed by atoms with Crippen LogP contribution in [0.2, 0.25) is 0 Å². The van der Waals surface area contributed by atoms with Gasteiger partial charge in [0.1, 0.15) is 0 Å². The normalized spacial score (nSPS) is 13.9. The molecule has 1 atom stereocenters. The summed E-state index contributed by atoms with van der Waals surface area (Å²) in [5, 5.41) is 10.5. The van der Waals surface area contributed by atoms with Crippen molar-refractivity contribution in [1.82, 2.24) is 4.90 Å². The van der Waals surface area contributed by atoms with Crippen molar-refractivity contribution >= 4 is 22.6 Å². The molecule has 0 bridgehead atoms. The second-order valence-electron chi connectivity index (χ2n) is 5.17. The maximum absolute atomic E-state index is 10.5. The van der Waals surface area contributed by atoms with Crippen molar-refractivity contribution in [2.24, 2.45) is 0 Å². The first kappa shape index (κ1) is 15.9. The molecular formula is C15H24INO. The van der Waals surface area contributed by atoms with Crippen LogP contribution in [-0.2, 0) is 6.42 Å². The fraction of sp³-hybridized carbons (Fsp3) is 0.600. The molecule has 0 amide bonds. The quantitative estimate of drug-likeness (QED) is 0.786. The lowest BCUT2D eigenvalue weighted by Gasteiger charge is -2.41. The first-order chi connectivity index (χ1) is 8.41. The van der Waals surface area contributed by atoms with E-state index >= 15 is 0 Å². The topological polar surface area (TPSA) is 23.5 Å². The van der Waals surface area contributed by atoms with Gasteiger partial charge in [-0.25, -0.2) is 0 Å². The molecule has 0 fully saturated rings. The molecule has 18 heavy (non-hydrogen) atoms. The molecule has 0 aliphatic carbocycles. The number of hydrogen-bond donors (Lipinski definition) is 1. The number of rotatable bonds is 6. The average molecular weight is 361 g/mol. The van der Waals surface area contributed by atoms with Gasteiger partial charge in [0, 0.05) is 15.5 Å². The lowest BCUT2D eigenvalue weighted by molar-refractivity contribution is -0.00415. The minimum atomic E-state index is -0.350. The van der Waals surface area contributed by atoms with Gasteiger partial charge in [-0.05, 0) is 67.2 Å². The summed E-state index contributed by atoms with van der Waals surface area (Å²) in [5.41, 5.74) is 1.01. The predicted molar refractivity (Wildman–Crippen MR) is 85.9 cm³/mol. The van der Waals surface area contributed by atoms with Gasteiger partial charge >= 0.3 is 0 Å². The summed E-state index contributed by atoms with van der Waals surface area (Å²) in [4.78, 5) is 2.31. The van der Waals surface area contributed by atoms with E-state index in [1.165, 1.54) is 9.13 Å². The average Bonchev–Trinajstić information content (AvgIpc) is 2.33. The van der Waals surface area contributed by atoms with Crippen LogP contribution in [-0.4, -0.2) is 34.7 Å². The molecule has 0 aliphatic heterocycles. The molecule has 3 heteroatoms. The largest absolute Gasteiger partial charge is 0.391 e. The second-order valence-corrected chi connectivity index (χ2v) is 6.42. The van der Waals surface area contributed by atoms with E-state index in [1.54, 1.807) is 0 Å². The molecule has 1 rings (SSSR count). The Labute approximate surface area is 125 Å². The molecule has 0 heterocycles. The maximum Gasteiger partial charge on any atom is 0.0758 e. The van der Waals surface area contributed by atoms with Crippen LogP contribution in [0, 0.1) is 3.57 Å². The Hall–Kier alpha value is -0.130. The van der Waals surface area contributed by atoms with Crippen LogP contribution >= 0.6 is 22.6 Å². The number of halogens is 1. The molecular weight excluding hydrogens is 337 g/mol. The van der Waals surface area contributed by atoms with Gasteiger partial charge in [-0.2, -0.15) is 0 Å². The van der Waals surface area contributed by atoms with Gasteiger partial charge in [0.15, 0.2) is 0 Å². The van der Waals surface area contributed by atoms with E-state index in [4.69, 9.17) is 0 Å². The number of aliphatic hydroxyl groups is 1. The monoisotopic (exact) mass is 361 g/mol. The summed E-state index contributed by atoms with van der Waals surface area (Å²) in [6.45, 7) is 10.5. The predicted octanol–water partition coefficient (Wildman–Crippen LogP) is 3.32. The molecule has 102 valence electrons. The van der Waals surface area contributed by atoms with Crippen LogP contribution in [0.25, 0.3) is 0 Å². The number of hydrogen-bond acceptors (Lipinski definition) is 2. The van der Waals surface area contributed by atoms with Crippen molar-refractivity contribution < 1.29 is 5.11 Å². The highest BCUT2D eigenvalue weighted by atomic mass is 127. The van der Waals surface area contributed by atoms with Gasteiger partial charge in [-0.1, -0.05) is 26.0 Å². The third-order valence-corrected chi connectivity index (χ3v) is 4.46. The van der Waals surface area contributed by atoms with E-state index in [0.717, 1.165) is 13.1 Å². The van der Waals surface area contributed by atoms with E-state index in [-0.39, 0.29) is 11.6 Å². The number of nitrogens with zero attached hydrogens (tertiary/aromatic N) is 1. The zero-order chi connectivity index (χ0) is 13.8. The van der Waals surface area contributed by atoms with Crippen LogP contribution < -0.4 is 0 Å². The third kappa shape index (κ3) is 3.93. The van der Waals surface area contributed by atoms with Crippen LogP contribution in [0.15, 0.2) is 24.3 Å². The van der Waals surface area contributed by atoms with Crippen molar-refractivity contribution in [2.45, 2.75) is 45.8 Å². The fourth-order valence-corrected chi connectivity index (χ4v) is 2.70. The number of likely N-dealkylation sites (N-methyl/N-ethyl adjacent to an activating group) is 1. The first-order valence-corrected chi connectivity index (χ1v) is 7.67. The van der Waals surface area contributed by atoms with Gasteiger partial charge in [-0.3, -0.25) is 4.90 Å². The van der Waals surface area contributed by atoms with Gasteiger partial charge < -0.3 is 5.11 Å². The molecule has 0 saturated carbocycles. The molecule has 1 aromatic carbocycles. The SMILES string of the molecule is CCN(CC)C(C)(C)C(O)Cc1ccc(I)cc1.